The molecule has 3 rings (SSSR count). The molecule has 0 fully saturated rings. The third-order valence-corrected chi connectivity index (χ3v) is 5.26. The van der Waals surface area contributed by atoms with Crippen LogP contribution in [0, 0.1) is 12.8 Å². The second-order valence-electron chi connectivity index (χ2n) is 8.15. The van der Waals surface area contributed by atoms with Crippen LogP contribution in [0.3, 0.4) is 0 Å². The predicted molar refractivity (Wildman–Crippen MR) is 119 cm³/mol. The van der Waals surface area contributed by atoms with E-state index in [-0.39, 0.29) is 11.9 Å². The van der Waals surface area contributed by atoms with Crippen molar-refractivity contribution in [2.45, 2.75) is 46.8 Å². The van der Waals surface area contributed by atoms with Gasteiger partial charge in [0.2, 0.25) is 5.89 Å². The minimum absolute atomic E-state index is 0.163. The number of benzene rings is 2. The van der Waals surface area contributed by atoms with Crippen molar-refractivity contribution in [3.05, 3.63) is 89.1 Å². The number of rotatable bonds is 9. The Morgan fingerprint density at radius 3 is 2.43 bits per heavy atom. The van der Waals surface area contributed by atoms with Gasteiger partial charge >= 0.3 is 0 Å². The van der Waals surface area contributed by atoms with E-state index in [0.29, 0.717) is 30.6 Å². The molecule has 1 N–H and O–H groups in total. The molecule has 0 aliphatic carbocycles. The number of carbonyl (C=O) groups excluding carboxylic acids is 1. The van der Waals surface area contributed by atoms with E-state index in [2.05, 4.69) is 91.4 Å². The summed E-state index contributed by atoms with van der Waals surface area (Å²) in [5.74, 6) is 0.734. The van der Waals surface area contributed by atoms with Gasteiger partial charge in [-0.15, -0.1) is 0 Å². The highest BCUT2D eigenvalue weighted by atomic mass is 16.3. The molecule has 0 radical (unpaired) electrons. The molecule has 0 bridgehead atoms. The maximum Gasteiger partial charge on any atom is 0.273 e. The number of nitrogens with zero attached hydrogens (tertiary/aromatic N) is 2. The monoisotopic (exact) mass is 405 g/mol. The van der Waals surface area contributed by atoms with Gasteiger partial charge in [0, 0.05) is 19.1 Å². The molecule has 0 aliphatic heterocycles. The van der Waals surface area contributed by atoms with Gasteiger partial charge in [-0.25, -0.2) is 4.98 Å². The second kappa shape index (κ2) is 10.2. The molecule has 1 heterocycles. The zero-order chi connectivity index (χ0) is 21.5. The minimum Gasteiger partial charge on any atom is -0.447 e. The highest BCUT2D eigenvalue weighted by Gasteiger charge is 2.21. The van der Waals surface area contributed by atoms with Gasteiger partial charge in [0.25, 0.3) is 5.91 Å². The van der Waals surface area contributed by atoms with Crippen LogP contribution in [-0.2, 0) is 13.1 Å². The molecule has 0 saturated carbocycles. The summed E-state index contributed by atoms with van der Waals surface area (Å²) in [6, 6.07) is 19.0. The van der Waals surface area contributed by atoms with Gasteiger partial charge in [-0.1, -0.05) is 68.4 Å². The van der Waals surface area contributed by atoms with E-state index in [1.165, 1.54) is 23.0 Å². The predicted octanol–water partition coefficient (Wildman–Crippen LogP) is 5.13. The summed E-state index contributed by atoms with van der Waals surface area (Å²) in [5.41, 5.74) is 4.08. The molecule has 0 aliphatic rings. The van der Waals surface area contributed by atoms with Crippen LogP contribution in [0.1, 0.15) is 59.9 Å². The van der Waals surface area contributed by atoms with Crippen LogP contribution in [0.15, 0.2) is 65.3 Å². The Balaban J connectivity index is 1.79. The summed E-state index contributed by atoms with van der Waals surface area (Å²) in [6.07, 6.45) is 1.45. The van der Waals surface area contributed by atoms with Crippen LogP contribution in [0.5, 0.6) is 0 Å². The SMILES string of the molecule is Cc1ccccc1CN(Cc1nc(C(=O)NCC(C)C)co1)[C@@H](C)c1ccccc1. The van der Waals surface area contributed by atoms with Crippen molar-refractivity contribution < 1.29 is 9.21 Å². The van der Waals surface area contributed by atoms with Gasteiger partial charge < -0.3 is 9.73 Å². The summed E-state index contributed by atoms with van der Waals surface area (Å²) in [6.45, 7) is 10.3. The Morgan fingerprint density at radius 2 is 1.73 bits per heavy atom. The van der Waals surface area contributed by atoms with Crippen molar-refractivity contribution in [3.8, 4) is 0 Å². The number of aromatic nitrogens is 1. The minimum atomic E-state index is -0.194. The lowest BCUT2D eigenvalue weighted by molar-refractivity contribution is 0.0944. The van der Waals surface area contributed by atoms with Crippen LogP contribution in [0.25, 0.3) is 0 Å². The standard InChI is InChI=1S/C25H31N3O2/c1-18(2)14-26-25(29)23-17-30-24(27-23)16-28(15-22-13-9-8-10-19(22)3)20(4)21-11-6-5-7-12-21/h5-13,17-18,20H,14-16H2,1-4H3,(H,26,29)/t20-/m0/s1. The highest BCUT2D eigenvalue weighted by Crippen LogP contribution is 2.25. The molecule has 5 nitrogen and oxygen atoms in total. The van der Waals surface area contributed by atoms with Crippen molar-refractivity contribution in [1.29, 1.82) is 0 Å². The van der Waals surface area contributed by atoms with Crippen LogP contribution >= 0.6 is 0 Å². The lowest BCUT2D eigenvalue weighted by atomic mass is 10.0. The summed E-state index contributed by atoms with van der Waals surface area (Å²) >= 11 is 0. The molecule has 3 aromatic rings. The summed E-state index contributed by atoms with van der Waals surface area (Å²) in [4.78, 5) is 19.1. The molecule has 0 spiro atoms. The number of nitrogens with one attached hydrogen (secondary N) is 1. The van der Waals surface area contributed by atoms with Crippen molar-refractivity contribution >= 4 is 5.91 Å². The molecule has 30 heavy (non-hydrogen) atoms. The van der Waals surface area contributed by atoms with Crippen molar-refractivity contribution in [3.63, 3.8) is 0 Å². The Hall–Kier alpha value is -2.92. The quantitative estimate of drug-likeness (QED) is 0.536. The van der Waals surface area contributed by atoms with E-state index in [1.807, 2.05) is 6.07 Å². The first-order chi connectivity index (χ1) is 14.4. The number of oxazole rings is 1. The lowest BCUT2D eigenvalue weighted by Crippen LogP contribution is -2.28. The van der Waals surface area contributed by atoms with Gasteiger partial charge in [0.1, 0.15) is 6.26 Å². The van der Waals surface area contributed by atoms with Gasteiger partial charge in [0.15, 0.2) is 5.69 Å². The summed E-state index contributed by atoms with van der Waals surface area (Å²) < 4.78 is 5.66. The van der Waals surface area contributed by atoms with Crippen molar-refractivity contribution in [2.24, 2.45) is 5.92 Å². The Kier molecular flexibility index (Phi) is 7.41. The fourth-order valence-corrected chi connectivity index (χ4v) is 3.33. The van der Waals surface area contributed by atoms with Gasteiger partial charge in [-0.3, -0.25) is 9.69 Å². The summed E-state index contributed by atoms with van der Waals surface area (Å²) in [5, 5.41) is 2.89. The number of amides is 1. The number of hydrogen-bond acceptors (Lipinski definition) is 4. The van der Waals surface area contributed by atoms with E-state index in [4.69, 9.17) is 4.42 Å². The molecule has 0 saturated heterocycles. The average molecular weight is 406 g/mol. The summed E-state index contributed by atoms with van der Waals surface area (Å²) in [7, 11) is 0. The van der Waals surface area contributed by atoms with E-state index >= 15 is 0 Å². The molecule has 2 aromatic carbocycles. The maximum atomic E-state index is 12.3. The molecule has 158 valence electrons. The van der Waals surface area contributed by atoms with Crippen LogP contribution in [0.4, 0.5) is 0 Å². The fraction of sp³-hybridized carbons (Fsp3) is 0.360. The molecular weight excluding hydrogens is 374 g/mol. The number of carbonyl (C=O) groups is 1. The van der Waals surface area contributed by atoms with Crippen LogP contribution in [0.2, 0.25) is 0 Å². The smallest absolute Gasteiger partial charge is 0.273 e. The molecular formula is C25H31N3O2. The van der Waals surface area contributed by atoms with E-state index in [0.717, 1.165) is 6.54 Å². The Bertz CT molecular complexity index is 950. The molecule has 5 heteroatoms. The fourth-order valence-electron chi connectivity index (χ4n) is 3.33. The zero-order valence-corrected chi connectivity index (χ0v) is 18.3. The largest absolute Gasteiger partial charge is 0.447 e. The van der Waals surface area contributed by atoms with Crippen molar-refractivity contribution in [1.82, 2.24) is 15.2 Å². The highest BCUT2D eigenvalue weighted by molar-refractivity contribution is 5.91. The normalized spacial score (nSPS) is 12.3. The van der Waals surface area contributed by atoms with Gasteiger partial charge in [-0.2, -0.15) is 0 Å². The van der Waals surface area contributed by atoms with E-state index < -0.39 is 0 Å². The first kappa shape index (κ1) is 21.8. The molecule has 0 unspecified atom stereocenters. The second-order valence-corrected chi connectivity index (χ2v) is 8.15. The maximum absolute atomic E-state index is 12.3. The number of hydrogen-bond donors (Lipinski definition) is 1. The van der Waals surface area contributed by atoms with Gasteiger partial charge in [0.05, 0.1) is 6.54 Å². The molecule has 1 atom stereocenters. The average Bonchev–Trinajstić information content (AvgIpc) is 3.22. The van der Waals surface area contributed by atoms with E-state index in [1.54, 1.807) is 0 Å². The Morgan fingerprint density at radius 1 is 1.03 bits per heavy atom. The number of aryl methyl sites for hydroxylation is 1. The molecule has 1 amide bonds. The third-order valence-electron chi connectivity index (χ3n) is 5.26. The van der Waals surface area contributed by atoms with Crippen molar-refractivity contribution in [2.75, 3.05) is 6.54 Å². The topological polar surface area (TPSA) is 58.4 Å². The third kappa shape index (κ3) is 5.80. The van der Waals surface area contributed by atoms with Crippen LogP contribution in [-0.4, -0.2) is 22.3 Å². The zero-order valence-electron chi connectivity index (χ0n) is 18.3. The van der Waals surface area contributed by atoms with E-state index in [9.17, 15) is 4.79 Å². The lowest BCUT2D eigenvalue weighted by Gasteiger charge is -2.29. The van der Waals surface area contributed by atoms with Crippen LogP contribution < -0.4 is 5.32 Å². The Labute approximate surface area is 179 Å². The molecule has 1 aromatic heterocycles. The van der Waals surface area contributed by atoms with Gasteiger partial charge in [-0.05, 0) is 36.5 Å². The first-order valence-electron chi connectivity index (χ1n) is 10.5. The first-order valence-corrected chi connectivity index (χ1v) is 10.5.